The zero-order chi connectivity index (χ0) is 17.0. The zero-order valence-corrected chi connectivity index (χ0v) is 14.8. The lowest BCUT2D eigenvalue weighted by atomic mass is 10.0. The molecule has 0 aromatic heterocycles. The molecule has 0 saturated carbocycles. The van der Waals surface area contributed by atoms with Crippen molar-refractivity contribution in [3.8, 4) is 0 Å². The van der Waals surface area contributed by atoms with Crippen LogP contribution in [0.5, 0.6) is 0 Å². The molecule has 0 saturated heterocycles. The van der Waals surface area contributed by atoms with Crippen LogP contribution in [-0.4, -0.2) is 30.9 Å². The molecule has 0 heterocycles. The summed E-state index contributed by atoms with van der Waals surface area (Å²) in [6.07, 6.45) is 0. The summed E-state index contributed by atoms with van der Waals surface area (Å²) in [5.74, 6) is 0.0918. The third-order valence-corrected chi connectivity index (χ3v) is 4.33. The first-order chi connectivity index (χ1) is 11.0. The summed E-state index contributed by atoms with van der Waals surface area (Å²) in [7, 11) is 2.03. The quantitative estimate of drug-likeness (QED) is 0.808. The Hall–Kier alpha value is -2.29. The van der Waals surface area contributed by atoms with E-state index in [0.29, 0.717) is 0 Å². The van der Waals surface area contributed by atoms with Gasteiger partial charge >= 0.3 is 0 Å². The van der Waals surface area contributed by atoms with E-state index in [1.165, 1.54) is 5.56 Å². The molecule has 3 heteroatoms. The van der Waals surface area contributed by atoms with Crippen LogP contribution in [0.3, 0.4) is 0 Å². The van der Waals surface area contributed by atoms with Crippen LogP contribution in [0.4, 0.5) is 11.4 Å². The van der Waals surface area contributed by atoms with Gasteiger partial charge in [0.15, 0.2) is 0 Å². The van der Waals surface area contributed by atoms with Crippen molar-refractivity contribution in [3.05, 3.63) is 59.2 Å². The van der Waals surface area contributed by atoms with Gasteiger partial charge in [-0.05, 0) is 51.0 Å². The van der Waals surface area contributed by atoms with E-state index in [9.17, 15) is 4.79 Å². The average Bonchev–Trinajstić information content (AvgIpc) is 2.55. The van der Waals surface area contributed by atoms with E-state index in [0.717, 1.165) is 35.6 Å². The largest absolute Gasteiger partial charge is 0.344 e. The second-order valence-corrected chi connectivity index (χ2v) is 5.79. The monoisotopic (exact) mass is 310 g/mol. The van der Waals surface area contributed by atoms with E-state index in [4.69, 9.17) is 0 Å². The van der Waals surface area contributed by atoms with Gasteiger partial charge in [0, 0.05) is 25.8 Å². The van der Waals surface area contributed by atoms with Gasteiger partial charge < -0.3 is 9.80 Å². The maximum absolute atomic E-state index is 12.9. The van der Waals surface area contributed by atoms with Gasteiger partial charge in [0.1, 0.15) is 0 Å². The Bertz CT molecular complexity index is 690. The highest BCUT2D eigenvalue weighted by molar-refractivity contribution is 6.01. The molecule has 0 atom stereocenters. The number of carbonyl (C=O) groups is 1. The van der Waals surface area contributed by atoms with E-state index in [1.54, 1.807) is 0 Å². The van der Waals surface area contributed by atoms with Crippen molar-refractivity contribution in [1.82, 2.24) is 4.90 Å². The fourth-order valence-corrected chi connectivity index (χ4v) is 3.02. The molecule has 0 radical (unpaired) electrons. The molecule has 0 aliphatic heterocycles. The van der Waals surface area contributed by atoms with E-state index in [1.807, 2.05) is 50.1 Å². The van der Waals surface area contributed by atoms with Gasteiger partial charge in [0.25, 0.3) is 5.91 Å². The van der Waals surface area contributed by atoms with Crippen LogP contribution < -0.4 is 4.90 Å². The highest BCUT2D eigenvalue weighted by Crippen LogP contribution is 2.32. The Morgan fingerprint density at radius 2 is 1.52 bits per heavy atom. The van der Waals surface area contributed by atoms with Gasteiger partial charge in [-0.25, -0.2) is 0 Å². The summed E-state index contributed by atoms with van der Waals surface area (Å²) < 4.78 is 0. The van der Waals surface area contributed by atoms with Crippen molar-refractivity contribution in [2.45, 2.75) is 27.7 Å². The number of rotatable bonds is 5. The summed E-state index contributed by atoms with van der Waals surface area (Å²) in [6, 6.07) is 14.2. The summed E-state index contributed by atoms with van der Waals surface area (Å²) in [6.45, 7) is 9.62. The van der Waals surface area contributed by atoms with Crippen LogP contribution >= 0.6 is 0 Å². The molecular weight excluding hydrogens is 284 g/mol. The Kier molecular flexibility index (Phi) is 5.43. The predicted molar refractivity (Wildman–Crippen MR) is 97.7 cm³/mol. The Balaban J connectivity index is 2.54. The number of para-hydroxylation sites is 2. The molecule has 0 unspecified atom stereocenters. The second kappa shape index (κ2) is 7.32. The fraction of sp³-hybridized carbons (Fsp3) is 0.350. The minimum absolute atomic E-state index is 0.0918. The lowest BCUT2D eigenvalue weighted by molar-refractivity contribution is 0.0773. The van der Waals surface area contributed by atoms with Crippen molar-refractivity contribution in [2.24, 2.45) is 0 Å². The molecule has 0 aliphatic rings. The Morgan fingerprint density at radius 3 is 2.13 bits per heavy atom. The highest BCUT2D eigenvalue weighted by atomic mass is 16.2. The third kappa shape index (κ3) is 3.39. The first-order valence-corrected chi connectivity index (χ1v) is 8.19. The lowest BCUT2D eigenvalue weighted by Gasteiger charge is -2.28. The maximum atomic E-state index is 12.9. The Morgan fingerprint density at radius 1 is 0.913 bits per heavy atom. The number of carbonyl (C=O) groups excluding carboxylic acids is 1. The number of hydrogen-bond donors (Lipinski definition) is 0. The molecule has 23 heavy (non-hydrogen) atoms. The van der Waals surface area contributed by atoms with Crippen LogP contribution in [0.1, 0.15) is 35.3 Å². The summed E-state index contributed by atoms with van der Waals surface area (Å²) in [5, 5.41) is 0. The van der Waals surface area contributed by atoms with Crippen molar-refractivity contribution in [3.63, 3.8) is 0 Å². The molecule has 3 nitrogen and oxygen atoms in total. The van der Waals surface area contributed by atoms with Crippen LogP contribution in [0.25, 0.3) is 0 Å². The van der Waals surface area contributed by atoms with Crippen LogP contribution in [0.2, 0.25) is 0 Å². The summed E-state index contributed by atoms with van der Waals surface area (Å²) in [5.41, 5.74) is 5.17. The van der Waals surface area contributed by atoms with Gasteiger partial charge in [-0.3, -0.25) is 4.79 Å². The van der Waals surface area contributed by atoms with Crippen molar-refractivity contribution >= 4 is 17.3 Å². The van der Waals surface area contributed by atoms with Crippen LogP contribution in [0, 0.1) is 13.8 Å². The van der Waals surface area contributed by atoms with E-state index >= 15 is 0 Å². The molecule has 122 valence electrons. The standard InChI is InChI=1S/C20H26N2O/c1-6-22(7-2)20(23)17-13-10-12-16(4)19(17)21(5)18-14-9-8-11-15(18)3/h8-14H,6-7H2,1-5H3. The SMILES string of the molecule is CCN(CC)C(=O)c1cccc(C)c1N(C)c1ccccc1C. The fourth-order valence-electron chi connectivity index (χ4n) is 3.02. The maximum Gasteiger partial charge on any atom is 0.255 e. The van der Waals surface area contributed by atoms with Gasteiger partial charge in [-0.15, -0.1) is 0 Å². The molecule has 0 bridgehead atoms. The second-order valence-electron chi connectivity index (χ2n) is 5.79. The number of aryl methyl sites for hydroxylation is 2. The molecule has 2 rings (SSSR count). The molecule has 2 aromatic rings. The minimum atomic E-state index is 0.0918. The molecule has 0 spiro atoms. The lowest BCUT2D eigenvalue weighted by Crippen LogP contribution is -2.32. The number of nitrogens with zero attached hydrogens (tertiary/aromatic N) is 2. The third-order valence-electron chi connectivity index (χ3n) is 4.33. The van der Waals surface area contributed by atoms with Gasteiger partial charge in [0.2, 0.25) is 0 Å². The topological polar surface area (TPSA) is 23.6 Å². The molecule has 0 N–H and O–H groups in total. The number of anilines is 2. The molecule has 2 aromatic carbocycles. The van der Waals surface area contributed by atoms with Gasteiger partial charge in [-0.2, -0.15) is 0 Å². The van der Waals surface area contributed by atoms with Gasteiger partial charge in [0.05, 0.1) is 11.3 Å². The highest BCUT2D eigenvalue weighted by Gasteiger charge is 2.21. The van der Waals surface area contributed by atoms with Gasteiger partial charge in [-0.1, -0.05) is 30.3 Å². The first kappa shape index (κ1) is 17.1. The predicted octanol–water partition coefficient (Wildman–Crippen LogP) is 4.55. The normalized spacial score (nSPS) is 10.5. The van der Waals surface area contributed by atoms with Crippen molar-refractivity contribution in [1.29, 1.82) is 0 Å². The molecule has 1 amide bonds. The minimum Gasteiger partial charge on any atom is -0.344 e. The summed E-state index contributed by atoms with van der Waals surface area (Å²) >= 11 is 0. The number of amides is 1. The number of hydrogen-bond acceptors (Lipinski definition) is 2. The van der Waals surface area contributed by atoms with E-state index in [2.05, 4.69) is 36.9 Å². The van der Waals surface area contributed by atoms with E-state index < -0.39 is 0 Å². The zero-order valence-electron chi connectivity index (χ0n) is 14.8. The molecule has 0 fully saturated rings. The summed E-state index contributed by atoms with van der Waals surface area (Å²) in [4.78, 5) is 16.9. The van der Waals surface area contributed by atoms with Crippen molar-refractivity contribution in [2.75, 3.05) is 25.0 Å². The number of benzene rings is 2. The van der Waals surface area contributed by atoms with Crippen LogP contribution in [-0.2, 0) is 0 Å². The first-order valence-electron chi connectivity index (χ1n) is 8.19. The van der Waals surface area contributed by atoms with Crippen LogP contribution in [0.15, 0.2) is 42.5 Å². The molecule has 0 aliphatic carbocycles. The average molecular weight is 310 g/mol. The van der Waals surface area contributed by atoms with E-state index in [-0.39, 0.29) is 5.91 Å². The van der Waals surface area contributed by atoms with Crippen molar-refractivity contribution < 1.29 is 4.79 Å². The molecular formula is C20H26N2O. The Labute approximate surface area is 139 Å². The smallest absolute Gasteiger partial charge is 0.255 e.